The van der Waals surface area contributed by atoms with E-state index in [-0.39, 0.29) is 17.3 Å². The molecule has 1 amide bonds. The molecule has 0 spiro atoms. The van der Waals surface area contributed by atoms with Gasteiger partial charge in [0.25, 0.3) is 11.6 Å². The Morgan fingerprint density at radius 3 is 2.85 bits per heavy atom. The molecule has 0 heterocycles. The van der Waals surface area contributed by atoms with Crippen molar-refractivity contribution in [3.63, 3.8) is 0 Å². The quantitative estimate of drug-likeness (QED) is 0.652. The second-order valence-electron chi connectivity index (χ2n) is 4.91. The lowest BCUT2D eigenvalue weighted by atomic mass is 9.93. The average molecular weight is 282 g/mol. The van der Waals surface area contributed by atoms with Gasteiger partial charge in [-0.15, -0.1) is 0 Å². The number of nitro groups is 1. The lowest BCUT2D eigenvalue weighted by molar-refractivity contribution is -0.384. The van der Waals surface area contributed by atoms with E-state index in [1.165, 1.54) is 0 Å². The van der Waals surface area contributed by atoms with Gasteiger partial charge in [0.05, 0.1) is 16.6 Å². The average Bonchev–Trinajstić information content (AvgIpc) is 2.38. The molecule has 2 unspecified atom stereocenters. The number of halogens is 1. The van der Waals surface area contributed by atoms with Gasteiger partial charge in [-0.3, -0.25) is 14.9 Å². The molecule has 1 aromatic rings. The fourth-order valence-electron chi connectivity index (χ4n) is 2.36. The molecule has 0 saturated heterocycles. The molecule has 0 radical (unpaired) electrons. The molecule has 0 bridgehead atoms. The summed E-state index contributed by atoms with van der Waals surface area (Å²) >= 11 is 0. The first kappa shape index (κ1) is 14.4. The number of rotatable bonds is 3. The second kappa shape index (κ2) is 5.96. The highest BCUT2D eigenvalue weighted by Crippen LogP contribution is 2.20. The van der Waals surface area contributed by atoms with Crippen LogP contribution in [-0.4, -0.2) is 28.1 Å². The Hall–Kier alpha value is -2.02. The molecular formula is C13H15FN2O4. The molecule has 1 aromatic carbocycles. The van der Waals surface area contributed by atoms with Crippen molar-refractivity contribution >= 4 is 11.6 Å². The molecule has 2 rings (SSSR count). The minimum Gasteiger partial charge on any atom is -0.393 e. The van der Waals surface area contributed by atoms with Gasteiger partial charge in [-0.2, -0.15) is 0 Å². The van der Waals surface area contributed by atoms with Crippen molar-refractivity contribution in [1.82, 2.24) is 5.32 Å². The summed E-state index contributed by atoms with van der Waals surface area (Å²) in [7, 11) is 0. The highest BCUT2D eigenvalue weighted by molar-refractivity contribution is 5.95. The summed E-state index contributed by atoms with van der Waals surface area (Å²) in [5.41, 5.74) is -0.681. The van der Waals surface area contributed by atoms with Crippen molar-refractivity contribution in [2.45, 2.75) is 37.8 Å². The minimum atomic E-state index is -0.801. The summed E-state index contributed by atoms with van der Waals surface area (Å²) in [5.74, 6) is -1.49. The maximum absolute atomic E-state index is 13.6. The Kier molecular flexibility index (Phi) is 4.29. The van der Waals surface area contributed by atoms with E-state index in [2.05, 4.69) is 5.32 Å². The van der Waals surface area contributed by atoms with Gasteiger partial charge >= 0.3 is 0 Å². The number of nitro benzene ring substituents is 1. The number of carbonyl (C=O) groups is 1. The van der Waals surface area contributed by atoms with Crippen molar-refractivity contribution in [2.75, 3.05) is 0 Å². The van der Waals surface area contributed by atoms with Crippen LogP contribution in [0.4, 0.5) is 10.1 Å². The van der Waals surface area contributed by atoms with Crippen LogP contribution in [0, 0.1) is 15.9 Å². The molecule has 1 saturated carbocycles. The van der Waals surface area contributed by atoms with Gasteiger partial charge < -0.3 is 10.4 Å². The van der Waals surface area contributed by atoms with Crippen molar-refractivity contribution in [3.05, 3.63) is 39.7 Å². The van der Waals surface area contributed by atoms with E-state index in [1.54, 1.807) is 0 Å². The van der Waals surface area contributed by atoms with Crippen molar-refractivity contribution in [3.8, 4) is 0 Å². The molecule has 1 aliphatic rings. The number of aliphatic hydroxyl groups excluding tert-OH is 1. The van der Waals surface area contributed by atoms with Crippen LogP contribution in [0.2, 0.25) is 0 Å². The third-order valence-electron chi connectivity index (χ3n) is 3.39. The first-order chi connectivity index (χ1) is 9.47. The smallest absolute Gasteiger partial charge is 0.270 e. The molecule has 0 aromatic heterocycles. The summed E-state index contributed by atoms with van der Waals surface area (Å²) in [6, 6.07) is 2.60. The summed E-state index contributed by atoms with van der Waals surface area (Å²) in [6.45, 7) is 0. The SMILES string of the molecule is O=C(NC1CCCC(O)C1)c1cc([N+](=O)[O-])ccc1F. The maximum Gasteiger partial charge on any atom is 0.270 e. The van der Waals surface area contributed by atoms with Crippen molar-refractivity contribution in [1.29, 1.82) is 0 Å². The molecule has 2 N–H and O–H groups in total. The number of amides is 1. The largest absolute Gasteiger partial charge is 0.393 e. The number of hydrogen-bond donors (Lipinski definition) is 2. The number of nitrogens with one attached hydrogen (secondary N) is 1. The zero-order valence-corrected chi connectivity index (χ0v) is 10.7. The summed E-state index contributed by atoms with van der Waals surface area (Å²) in [4.78, 5) is 21.9. The Labute approximate surface area is 114 Å². The third-order valence-corrected chi connectivity index (χ3v) is 3.39. The Balaban J connectivity index is 2.12. The molecule has 1 aliphatic carbocycles. The van der Waals surface area contributed by atoms with Crippen LogP contribution in [0.3, 0.4) is 0 Å². The predicted octanol–water partition coefficient (Wildman–Crippen LogP) is 1.77. The standard InChI is InChI=1S/C13H15FN2O4/c14-12-5-4-9(16(19)20)7-11(12)13(18)15-8-2-1-3-10(17)6-8/h4-5,7-8,10,17H,1-3,6H2,(H,15,18). The van der Waals surface area contributed by atoms with Gasteiger partial charge in [-0.05, 0) is 31.7 Å². The lowest BCUT2D eigenvalue weighted by Gasteiger charge is -2.26. The van der Waals surface area contributed by atoms with E-state index >= 15 is 0 Å². The highest BCUT2D eigenvalue weighted by Gasteiger charge is 2.24. The fraction of sp³-hybridized carbons (Fsp3) is 0.462. The lowest BCUT2D eigenvalue weighted by Crippen LogP contribution is -2.40. The van der Waals surface area contributed by atoms with E-state index < -0.39 is 22.8 Å². The van der Waals surface area contributed by atoms with Gasteiger partial charge in [0.15, 0.2) is 0 Å². The Morgan fingerprint density at radius 1 is 1.45 bits per heavy atom. The van der Waals surface area contributed by atoms with Crippen LogP contribution in [0.5, 0.6) is 0 Å². The number of aliphatic hydroxyl groups is 1. The zero-order chi connectivity index (χ0) is 14.7. The summed E-state index contributed by atoms with van der Waals surface area (Å²) in [6.07, 6.45) is 2.13. The predicted molar refractivity (Wildman–Crippen MR) is 68.8 cm³/mol. The van der Waals surface area contributed by atoms with Crippen molar-refractivity contribution in [2.24, 2.45) is 0 Å². The van der Waals surface area contributed by atoms with Gasteiger partial charge in [-0.25, -0.2) is 4.39 Å². The minimum absolute atomic E-state index is 0.232. The van der Waals surface area contributed by atoms with Gasteiger partial charge in [0, 0.05) is 18.2 Å². The second-order valence-corrected chi connectivity index (χ2v) is 4.91. The maximum atomic E-state index is 13.6. The topological polar surface area (TPSA) is 92.5 Å². The van der Waals surface area contributed by atoms with Crippen LogP contribution in [0.25, 0.3) is 0 Å². The first-order valence-corrected chi connectivity index (χ1v) is 6.40. The zero-order valence-electron chi connectivity index (χ0n) is 10.7. The van der Waals surface area contributed by atoms with Crippen LogP contribution in [0.15, 0.2) is 18.2 Å². The summed E-state index contributed by atoms with van der Waals surface area (Å²) in [5, 5.41) is 22.8. The number of carbonyl (C=O) groups excluding carboxylic acids is 1. The van der Waals surface area contributed by atoms with Gasteiger partial charge in [-0.1, -0.05) is 0 Å². The number of hydrogen-bond acceptors (Lipinski definition) is 4. The van der Waals surface area contributed by atoms with Gasteiger partial charge in [0.1, 0.15) is 5.82 Å². The molecule has 1 fully saturated rings. The van der Waals surface area contributed by atoms with E-state index in [0.29, 0.717) is 19.3 Å². The molecule has 0 aliphatic heterocycles. The number of nitrogens with zero attached hydrogens (tertiary/aromatic N) is 1. The highest BCUT2D eigenvalue weighted by atomic mass is 19.1. The van der Waals surface area contributed by atoms with Crippen LogP contribution in [0.1, 0.15) is 36.0 Å². The molecule has 108 valence electrons. The molecule has 6 nitrogen and oxygen atoms in total. The fourth-order valence-corrected chi connectivity index (χ4v) is 2.36. The number of non-ortho nitro benzene ring substituents is 1. The molecule has 2 atom stereocenters. The van der Waals surface area contributed by atoms with Crippen molar-refractivity contribution < 1.29 is 19.2 Å². The number of benzene rings is 1. The summed E-state index contributed by atoms with van der Waals surface area (Å²) < 4.78 is 13.6. The monoisotopic (exact) mass is 282 g/mol. The van der Waals surface area contributed by atoms with Crippen LogP contribution in [-0.2, 0) is 0 Å². The van der Waals surface area contributed by atoms with E-state index in [4.69, 9.17) is 0 Å². The van der Waals surface area contributed by atoms with E-state index in [1.807, 2.05) is 0 Å². The van der Waals surface area contributed by atoms with E-state index in [0.717, 1.165) is 24.6 Å². The third kappa shape index (κ3) is 3.30. The Morgan fingerprint density at radius 2 is 2.20 bits per heavy atom. The van der Waals surface area contributed by atoms with Gasteiger partial charge in [0.2, 0.25) is 0 Å². The van der Waals surface area contributed by atoms with Crippen LogP contribution >= 0.6 is 0 Å². The molecule has 7 heteroatoms. The first-order valence-electron chi connectivity index (χ1n) is 6.40. The normalized spacial score (nSPS) is 22.3. The molecular weight excluding hydrogens is 267 g/mol. The van der Waals surface area contributed by atoms with E-state index in [9.17, 15) is 24.4 Å². The Bertz CT molecular complexity index is 535. The molecule has 20 heavy (non-hydrogen) atoms. The van der Waals surface area contributed by atoms with Crippen LogP contribution < -0.4 is 5.32 Å².